The first-order chi connectivity index (χ1) is 10.8. The van der Waals surface area contributed by atoms with Gasteiger partial charge in [0.25, 0.3) is 0 Å². The van der Waals surface area contributed by atoms with Crippen molar-refractivity contribution in [3.05, 3.63) is 0 Å². The zero-order valence-electron chi connectivity index (χ0n) is 12.1. The standard InChI is InChI=1S/C12H23NO10/c13-5-7(17)10(4(2-15)21-11(5)20)23-12-9(19)8(18)6(16)3(1-14)22-12/h3-12,14-20H,1-2,13H2/t3-,4-,5-,6-,7-,8+,9+,10-,11?,12-/m1/s1. The van der Waals surface area contributed by atoms with Gasteiger partial charge in [-0.1, -0.05) is 0 Å². The number of hydrogen-bond acceptors (Lipinski definition) is 11. The summed E-state index contributed by atoms with van der Waals surface area (Å²) in [5.41, 5.74) is 5.55. The molecule has 11 nitrogen and oxygen atoms in total. The van der Waals surface area contributed by atoms with Crippen LogP contribution in [0.2, 0.25) is 0 Å². The van der Waals surface area contributed by atoms with Gasteiger partial charge in [0, 0.05) is 0 Å². The number of nitrogens with two attached hydrogens (primary N) is 1. The predicted molar refractivity (Wildman–Crippen MR) is 70.6 cm³/mol. The second-order valence-electron chi connectivity index (χ2n) is 5.61. The van der Waals surface area contributed by atoms with Gasteiger partial charge < -0.3 is 55.7 Å². The average molecular weight is 341 g/mol. The Morgan fingerprint density at radius 2 is 1.39 bits per heavy atom. The zero-order chi connectivity index (χ0) is 17.3. The van der Waals surface area contributed by atoms with Gasteiger partial charge in [-0.3, -0.25) is 0 Å². The van der Waals surface area contributed by atoms with E-state index in [-0.39, 0.29) is 0 Å². The predicted octanol–water partition coefficient (Wildman–Crippen LogP) is -5.43. The normalized spacial score (nSPS) is 51.7. The number of hydrogen-bond donors (Lipinski definition) is 8. The van der Waals surface area contributed by atoms with Crippen LogP contribution in [0.3, 0.4) is 0 Å². The fraction of sp³-hybridized carbons (Fsp3) is 1.00. The molecular weight excluding hydrogens is 318 g/mol. The summed E-state index contributed by atoms with van der Waals surface area (Å²) in [4.78, 5) is 0. The lowest BCUT2D eigenvalue weighted by molar-refractivity contribution is -0.344. The van der Waals surface area contributed by atoms with Crippen LogP contribution < -0.4 is 5.73 Å². The fourth-order valence-electron chi connectivity index (χ4n) is 2.60. The number of ether oxygens (including phenoxy) is 3. The van der Waals surface area contributed by atoms with Crippen molar-refractivity contribution in [1.29, 1.82) is 0 Å². The molecule has 2 fully saturated rings. The van der Waals surface area contributed by atoms with Crippen molar-refractivity contribution < 1.29 is 50.0 Å². The average Bonchev–Trinajstić information content (AvgIpc) is 2.55. The molecule has 0 aromatic rings. The minimum Gasteiger partial charge on any atom is -0.394 e. The molecule has 2 rings (SSSR count). The fourth-order valence-corrected chi connectivity index (χ4v) is 2.60. The summed E-state index contributed by atoms with van der Waals surface area (Å²) in [6.07, 6.45) is -13.0. The van der Waals surface area contributed by atoms with Crippen LogP contribution in [0.15, 0.2) is 0 Å². The van der Waals surface area contributed by atoms with E-state index in [4.69, 9.17) is 25.1 Å². The van der Waals surface area contributed by atoms with Gasteiger partial charge in [0.2, 0.25) is 0 Å². The van der Waals surface area contributed by atoms with Crippen LogP contribution in [0.4, 0.5) is 0 Å². The van der Waals surface area contributed by atoms with E-state index in [1.807, 2.05) is 0 Å². The molecule has 0 amide bonds. The lowest BCUT2D eigenvalue weighted by Crippen LogP contribution is -2.66. The van der Waals surface area contributed by atoms with Gasteiger partial charge in [0.15, 0.2) is 12.6 Å². The van der Waals surface area contributed by atoms with Gasteiger partial charge in [0.05, 0.1) is 19.3 Å². The summed E-state index contributed by atoms with van der Waals surface area (Å²) in [5.74, 6) is 0. The van der Waals surface area contributed by atoms with Crippen LogP contribution in [0, 0.1) is 0 Å². The minimum atomic E-state index is -1.68. The SMILES string of the molecule is N[C@H]1C(O)O[C@H](CO)[C@@H](O[C@H]2O[C@H](CO)[C@@H](O)[C@H](O)[C@@H]2O)[C@@H]1O. The first kappa shape index (κ1) is 18.9. The maximum atomic E-state index is 10.1. The van der Waals surface area contributed by atoms with Gasteiger partial charge in [-0.2, -0.15) is 0 Å². The first-order valence-electron chi connectivity index (χ1n) is 7.15. The van der Waals surface area contributed by atoms with Crippen molar-refractivity contribution in [2.24, 2.45) is 5.73 Å². The molecule has 0 saturated carbocycles. The molecule has 1 unspecified atom stereocenters. The Hall–Kier alpha value is -0.440. The molecule has 0 aromatic carbocycles. The highest BCUT2D eigenvalue weighted by Gasteiger charge is 2.49. The highest BCUT2D eigenvalue weighted by molar-refractivity contribution is 4.94. The Balaban J connectivity index is 2.11. The maximum absolute atomic E-state index is 10.1. The van der Waals surface area contributed by atoms with Crippen LogP contribution >= 0.6 is 0 Å². The molecule has 23 heavy (non-hydrogen) atoms. The molecular formula is C12H23NO10. The van der Waals surface area contributed by atoms with Gasteiger partial charge in [-0.05, 0) is 0 Å². The quantitative estimate of drug-likeness (QED) is 0.243. The van der Waals surface area contributed by atoms with Crippen LogP contribution in [0.5, 0.6) is 0 Å². The zero-order valence-corrected chi connectivity index (χ0v) is 12.1. The lowest BCUT2D eigenvalue weighted by Gasteiger charge is -2.45. The summed E-state index contributed by atoms with van der Waals surface area (Å²) in [6.45, 7) is -1.26. The smallest absolute Gasteiger partial charge is 0.187 e. The van der Waals surface area contributed by atoms with Crippen molar-refractivity contribution in [1.82, 2.24) is 0 Å². The molecule has 0 aliphatic carbocycles. The lowest BCUT2D eigenvalue weighted by atomic mass is 9.96. The molecule has 2 saturated heterocycles. The minimum absolute atomic E-state index is 0.622. The van der Waals surface area contributed by atoms with Crippen LogP contribution in [0.1, 0.15) is 0 Å². The molecule has 0 aromatic heterocycles. The largest absolute Gasteiger partial charge is 0.394 e. The van der Waals surface area contributed by atoms with Gasteiger partial charge in [-0.25, -0.2) is 0 Å². The van der Waals surface area contributed by atoms with Crippen molar-refractivity contribution in [3.63, 3.8) is 0 Å². The molecule has 11 heteroatoms. The summed E-state index contributed by atoms with van der Waals surface area (Å²) in [7, 11) is 0. The first-order valence-corrected chi connectivity index (χ1v) is 7.15. The monoisotopic (exact) mass is 341 g/mol. The topological polar surface area (TPSA) is 195 Å². The molecule has 10 atom stereocenters. The van der Waals surface area contributed by atoms with Crippen molar-refractivity contribution >= 4 is 0 Å². The number of rotatable bonds is 4. The van der Waals surface area contributed by atoms with E-state index >= 15 is 0 Å². The van der Waals surface area contributed by atoms with Crippen LogP contribution in [0.25, 0.3) is 0 Å². The summed E-state index contributed by atoms with van der Waals surface area (Å²) in [5, 5.41) is 67.3. The van der Waals surface area contributed by atoms with E-state index in [1.54, 1.807) is 0 Å². The van der Waals surface area contributed by atoms with Crippen LogP contribution in [-0.2, 0) is 14.2 Å². The van der Waals surface area contributed by atoms with E-state index in [9.17, 15) is 30.6 Å². The van der Waals surface area contributed by atoms with E-state index in [0.717, 1.165) is 0 Å². The van der Waals surface area contributed by atoms with Gasteiger partial charge in [0.1, 0.15) is 42.7 Å². The number of aliphatic hydroxyl groups excluding tert-OH is 7. The second kappa shape index (κ2) is 7.63. The van der Waals surface area contributed by atoms with Crippen molar-refractivity contribution in [2.45, 2.75) is 61.3 Å². The maximum Gasteiger partial charge on any atom is 0.187 e. The summed E-state index contributed by atoms with van der Waals surface area (Å²) >= 11 is 0. The van der Waals surface area contributed by atoms with E-state index in [0.29, 0.717) is 0 Å². The van der Waals surface area contributed by atoms with Crippen LogP contribution in [-0.4, -0.2) is 110 Å². The highest BCUT2D eigenvalue weighted by Crippen LogP contribution is 2.27. The Bertz CT molecular complexity index is 383. The Labute approximate surface area is 131 Å². The van der Waals surface area contributed by atoms with E-state index < -0.39 is 74.6 Å². The molecule has 0 spiro atoms. The molecule has 0 radical (unpaired) electrons. The third-order valence-corrected chi connectivity index (χ3v) is 4.06. The Morgan fingerprint density at radius 1 is 0.783 bits per heavy atom. The highest BCUT2D eigenvalue weighted by atomic mass is 16.7. The third-order valence-electron chi connectivity index (χ3n) is 4.06. The molecule has 9 N–H and O–H groups in total. The molecule has 136 valence electrons. The summed E-state index contributed by atoms with van der Waals surface area (Å²) in [6, 6.07) is -1.23. The second-order valence-corrected chi connectivity index (χ2v) is 5.61. The van der Waals surface area contributed by atoms with Gasteiger partial charge in [-0.15, -0.1) is 0 Å². The molecule has 0 bridgehead atoms. The van der Waals surface area contributed by atoms with Gasteiger partial charge >= 0.3 is 0 Å². The van der Waals surface area contributed by atoms with E-state index in [2.05, 4.69) is 0 Å². The third kappa shape index (κ3) is 3.65. The molecule has 2 heterocycles. The van der Waals surface area contributed by atoms with E-state index in [1.165, 1.54) is 0 Å². The summed E-state index contributed by atoms with van der Waals surface area (Å²) < 4.78 is 15.5. The molecule has 2 aliphatic heterocycles. The van der Waals surface area contributed by atoms with Crippen molar-refractivity contribution in [2.75, 3.05) is 13.2 Å². The van der Waals surface area contributed by atoms with Crippen molar-refractivity contribution in [3.8, 4) is 0 Å². The Morgan fingerprint density at radius 3 is 1.96 bits per heavy atom. The number of aliphatic hydroxyl groups is 7. The molecule has 2 aliphatic rings. The Kier molecular flexibility index (Phi) is 6.27.